The average molecular weight is 755 g/mol. The third-order valence-electron chi connectivity index (χ3n) is 11.9. The van der Waals surface area contributed by atoms with Gasteiger partial charge in [-0.25, -0.2) is 0 Å². The van der Waals surface area contributed by atoms with Crippen LogP contribution in [0, 0.1) is 0 Å². The topological polar surface area (TPSA) is 26.6 Å². The summed E-state index contributed by atoms with van der Waals surface area (Å²) in [6, 6.07) is 75.3. The highest BCUT2D eigenvalue weighted by atomic mass is 16.5. The van der Waals surface area contributed by atoms with E-state index in [4.69, 9.17) is 9.47 Å². The summed E-state index contributed by atoms with van der Waals surface area (Å²) in [5.74, 6) is 3.36. The molecule has 12 rings (SSSR count). The Labute approximate surface area is 342 Å². The van der Waals surface area contributed by atoms with E-state index in [-0.39, 0.29) is 6.71 Å². The fourth-order valence-electron chi connectivity index (χ4n) is 9.22. The summed E-state index contributed by atoms with van der Waals surface area (Å²) in [6.45, 7) is -0.101. The van der Waals surface area contributed by atoms with Crippen LogP contribution in [0.25, 0.3) is 49.7 Å². The zero-order chi connectivity index (χ0) is 38.9. The summed E-state index contributed by atoms with van der Waals surface area (Å²) in [7, 11) is 0. The van der Waals surface area contributed by atoms with Crippen LogP contribution >= 0.6 is 0 Å². The van der Waals surface area contributed by atoms with E-state index in [1.54, 1.807) is 0 Å². The smallest absolute Gasteiger partial charge is 0.260 e. The lowest BCUT2D eigenvalue weighted by molar-refractivity contribution is 0.468. The lowest BCUT2D eigenvalue weighted by Crippen LogP contribution is -2.57. The molecule has 9 aromatic carbocycles. The maximum atomic E-state index is 7.30. The first kappa shape index (κ1) is 33.4. The Morgan fingerprint density at radius 2 is 0.915 bits per heavy atom. The molecule has 0 radical (unpaired) electrons. The Kier molecular flexibility index (Phi) is 7.60. The Hall–Kier alpha value is -7.76. The summed E-state index contributed by atoms with van der Waals surface area (Å²) in [6.07, 6.45) is 0. The van der Waals surface area contributed by atoms with Gasteiger partial charge < -0.3 is 18.9 Å². The van der Waals surface area contributed by atoms with Crippen molar-refractivity contribution < 1.29 is 9.47 Å². The molecule has 2 aliphatic heterocycles. The molecule has 0 N–H and O–H groups in total. The second-order valence-electron chi connectivity index (χ2n) is 15.3. The SMILES string of the molecule is c1ccc(-c2ccc3c(c2)Oc2cc4c5ccc(N(c6ccccc6)c6ccccc6)cc5n(-c5ccccc5)c4c4c2B3c2ccc(-c3ccccc3)cc2O4)cc1. The predicted octanol–water partition coefficient (Wildman–Crippen LogP) is 12.3. The molecule has 0 amide bonds. The highest BCUT2D eigenvalue weighted by molar-refractivity contribution is 6.98. The first-order chi connectivity index (χ1) is 29.3. The standard InChI is InChI=1S/C54H35BN2O2/c1-6-16-36(17-7-1)38-26-30-46-49(32-38)58-51-35-45-44-29-28-43(56(40-20-10-3-11-21-40)41-22-12-4-13-23-41)34-48(44)57(42-24-14-5-15-25-42)53(45)54-52(51)55(46)47-31-27-39(33-50(47)59-54)37-18-8-2-9-19-37/h1-35H. The molecule has 4 nitrogen and oxygen atoms in total. The van der Waals surface area contributed by atoms with Crippen molar-refractivity contribution in [1.82, 2.24) is 4.57 Å². The summed E-state index contributed by atoms with van der Waals surface area (Å²) in [4.78, 5) is 2.32. The van der Waals surface area contributed by atoms with Crippen molar-refractivity contribution in [3.63, 3.8) is 0 Å². The van der Waals surface area contributed by atoms with Crippen molar-refractivity contribution in [3.8, 4) is 50.9 Å². The molecule has 0 spiro atoms. The van der Waals surface area contributed by atoms with Crippen LogP contribution in [-0.4, -0.2) is 11.3 Å². The third kappa shape index (κ3) is 5.39. The summed E-state index contributed by atoms with van der Waals surface area (Å²) < 4.78 is 16.7. The molecule has 0 atom stereocenters. The number of aromatic nitrogens is 1. The van der Waals surface area contributed by atoms with Crippen molar-refractivity contribution in [3.05, 3.63) is 212 Å². The van der Waals surface area contributed by atoms with Crippen LogP contribution in [0.1, 0.15) is 0 Å². The number of para-hydroxylation sites is 3. The molecule has 2 aliphatic rings. The van der Waals surface area contributed by atoms with Gasteiger partial charge in [-0.2, -0.15) is 0 Å². The Bertz CT molecular complexity index is 3150. The summed E-state index contributed by atoms with van der Waals surface area (Å²) >= 11 is 0. The van der Waals surface area contributed by atoms with Crippen molar-refractivity contribution in [1.29, 1.82) is 0 Å². The van der Waals surface area contributed by atoms with Gasteiger partial charge in [0.1, 0.15) is 17.2 Å². The second-order valence-corrected chi connectivity index (χ2v) is 15.3. The molecule has 276 valence electrons. The quantitative estimate of drug-likeness (QED) is 0.158. The highest BCUT2D eigenvalue weighted by Crippen LogP contribution is 2.47. The number of nitrogens with zero attached hydrogens (tertiary/aromatic N) is 2. The van der Waals surface area contributed by atoms with Gasteiger partial charge in [0.2, 0.25) is 0 Å². The van der Waals surface area contributed by atoms with Gasteiger partial charge in [0.25, 0.3) is 6.71 Å². The molecule has 0 saturated heterocycles. The highest BCUT2D eigenvalue weighted by Gasteiger charge is 2.42. The van der Waals surface area contributed by atoms with Gasteiger partial charge in [-0.1, -0.05) is 146 Å². The Morgan fingerprint density at radius 1 is 0.390 bits per heavy atom. The van der Waals surface area contributed by atoms with Gasteiger partial charge in [-0.05, 0) is 99.9 Å². The molecule has 0 aliphatic carbocycles. The minimum atomic E-state index is -0.101. The van der Waals surface area contributed by atoms with E-state index in [0.717, 1.165) is 106 Å². The molecular weight excluding hydrogens is 719 g/mol. The van der Waals surface area contributed by atoms with Crippen molar-refractivity contribution in [2.75, 3.05) is 4.90 Å². The molecule has 59 heavy (non-hydrogen) atoms. The van der Waals surface area contributed by atoms with Crippen molar-refractivity contribution in [2.45, 2.75) is 0 Å². The van der Waals surface area contributed by atoms with Crippen LogP contribution in [-0.2, 0) is 0 Å². The van der Waals surface area contributed by atoms with Crippen LogP contribution in [0.5, 0.6) is 23.0 Å². The molecule has 1 aromatic heterocycles. The molecular formula is C54H35BN2O2. The third-order valence-corrected chi connectivity index (χ3v) is 11.9. The molecule has 10 aromatic rings. The first-order valence-corrected chi connectivity index (χ1v) is 20.1. The van der Waals surface area contributed by atoms with E-state index in [9.17, 15) is 0 Å². The van der Waals surface area contributed by atoms with E-state index < -0.39 is 0 Å². The van der Waals surface area contributed by atoms with Crippen LogP contribution in [0.4, 0.5) is 17.1 Å². The zero-order valence-electron chi connectivity index (χ0n) is 32.0. The second kappa shape index (κ2) is 13.4. The van der Waals surface area contributed by atoms with E-state index in [1.807, 2.05) is 0 Å². The molecule has 0 unspecified atom stereocenters. The van der Waals surface area contributed by atoms with E-state index >= 15 is 0 Å². The molecule has 3 heterocycles. The fourth-order valence-corrected chi connectivity index (χ4v) is 9.22. The number of rotatable bonds is 6. The molecule has 0 bridgehead atoms. The Morgan fingerprint density at radius 3 is 1.49 bits per heavy atom. The monoisotopic (exact) mass is 754 g/mol. The minimum Gasteiger partial charge on any atom is -0.458 e. The van der Waals surface area contributed by atoms with Gasteiger partial charge >= 0.3 is 0 Å². The first-order valence-electron chi connectivity index (χ1n) is 20.1. The summed E-state index contributed by atoms with van der Waals surface area (Å²) in [5.41, 5.74) is 14.2. The molecule has 5 heteroatoms. The van der Waals surface area contributed by atoms with Gasteiger partial charge in [-0.15, -0.1) is 0 Å². The fraction of sp³-hybridized carbons (Fsp3) is 0. The lowest BCUT2D eigenvalue weighted by Gasteiger charge is -2.34. The predicted molar refractivity (Wildman–Crippen MR) is 244 cm³/mol. The Balaban J connectivity index is 1.14. The number of anilines is 3. The number of fused-ring (bicyclic) bond motifs is 8. The molecule has 0 fully saturated rings. The average Bonchev–Trinajstić information content (AvgIpc) is 3.63. The number of hydrogen-bond acceptors (Lipinski definition) is 3. The van der Waals surface area contributed by atoms with Gasteiger partial charge in [-0.3, -0.25) is 0 Å². The van der Waals surface area contributed by atoms with Crippen LogP contribution in [0.3, 0.4) is 0 Å². The number of hydrogen-bond donors (Lipinski definition) is 0. The minimum absolute atomic E-state index is 0.101. The number of ether oxygens (including phenoxy) is 2. The van der Waals surface area contributed by atoms with Gasteiger partial charge in [0.15, 0.2) is 5.75 Å². The normalized spacial score (nSPS) is 12.3. The summed E-state index contributed by atoms with van der Waals surface area (Å²) in [5, 5.41) is 2.18. The maximum Gasteiger partial charge on any atom is 0.260 e. The lowest BCUT2D eigenvalue weighted by atomic mass is 9.34. The van der Waals surface area contributed by atoms with E-state index in [2.05, 4.69) is 222 Å². The molecule has 0 saturated carbocycles. The van der Waals surface area contributed by atoms with Crippen LogP contribution < -0.4 is 30.8 Å². The van der Waals surface area contributed by atoms with E-state index in [0.29, 0.717) is 0 Å². The van der Waals surface area contributed by atoms with Gasteiger partial charge in [0, 0.05) is 39.0 Å². The van der Waals surface area contributed by atoms with Crippen LogP contribution in [0.15, 0.2) is 212 Å². The zero-order valence-corrected chi connectivity index (χ0v) is 32.0. The largest absolute Gasteiger partial charge is 0.458 e. The van der Waals surface area contributed by atoms with Crippen LogP contribution in [0.2, 0.25) is 0 Å². The number of benzene rings is 9. The van der Waals surface area contributed by atoms with E-state index in [1.165, 1.54) is 0 Å². The maximum absolute atomic E-state index is 7.30. The van der Waals surface area contributed by atoms with Crippen molar-refractivity contribution in [2.24, 2.45) is 0 Å². The van der Waals surface area contributed by atoms with Gasteiger partial charge in [0.05, 0.1) is 11.0 Å². The van der Waals surface area contributed by atoms with Crippen molar-refractivity contribution >= 4 is 62.0 Å².